The van der Waals surface area contributed by atoms with Gasteiger partial charge in [0.15, 0.2) is 0 Å². The minimum absolute atomic E-state index is 0.137. The van der Waals surface area contributed by atoms with Crippen LogP contribution in [0.3, 0.4) is 0 Å². The lowest BCUT2D eigenvalue weighted by Gasteiger charge is -2.06. The van der Waals surface area contributed by atoms with Crippen molar-refractivity contribution in [3.05, 3.63) is 29.6 Å². The van der Waals surface area contributed by atoms with Gasteiger partial charge in [-0.3, -0.25) is 9.19 Å². The predicted molar refractivity (Wildman–Crippen MR) is 54.1 cm³/mol. The van der Waals surface area contributed by atoms with Gasteiger partial charge in [-0.1, -0.05) is 6.07 Å². The maximum Gasteiger partial charge on any atom is 0.433 e. The zero-order chi connectivity index (χ0) is 11.7. The third-order valence-corrected chi connectivity index (χ3v) is 2.53. The highest BCUT2D eigenvalue weighted by Crippen LogP contribution is 2.27. The standard InChI is InChI=1S/C9H10F3NOS/c1-15(2,14)6-7-3-4-8(13-5-7)9(10,11)12/h3-5H,1,6H2,2H3. The van der Waals surface area contributed by atoms with Gasteiger partial charge in [-0.25, -0.2) is 0 Å². The molecule has 0 saturated heterocycles. The molecule has 6 heteroatoms. The summed E-state index contributed by atoms with van der Waals surface area (Å²) in [6, 6.07) is 2.14. The molecule has 0 spiro atoms. The fourth-order valence-electron chi connectivity index (χ4n) is 1.03. The summed E-state index contributed by atoms with van der Waals surface area (Å²) in [5, 5.41) is 0. The van der Waals surface area contributed by atoms with Crippen LogP contribution in [0.1, 0.15) is 11.3 Å². The molecule has 0 aliphatic rings. The summed E-state index contributed by atoms with van der Waals surface area (Å²) in [6.07, 6.45) is -1.90. The molecule has 0 fully saturated rings. The zero-order valence-corrected chi connectivity index (χ0v) is 8.86. The van der Waals surface area contributed by atoms with Crippen LogP contribution in [0.4, 0.5) is 13.2 Å². The number of aromatic nitrogens is 1. The van der Waals surface area contributed by atoms with Crippen LogP contribution < -0.4 is 0 Å². The Morgan fingerprint density at radius 1 is 1.47 bits per heavy atom. The molecule has 1 aromatic heterocycles. The van der Waals surface area contributed by atoms with Gasteiger partial charge in [0.05, 0.1) is 0 Å². The second-order valence-corrected chi connectivity index (χ2v) is 6.03. The molecule has 1 unspecified atom stereocenters. The van der Waals surface area contributed by atoms with Gasteiger partial charge in [0.1, 0.15) is 5.69 Å². The quantitative estimate of drug-likeness (QED) is 0.736. The van der Waals surface area contributed by atoms with Crippen molar-refractivity contribution in [2.24, 2.45) is 0 Å². The molecular weight excluding hydrogens is 227 g/mol. The third kappa shape index (κ3) is 3.91. The Morgan fingerprint density at radius 3 is 2.40 bits per heavy atom. The van der Waals surface area contributed by atoms with E-state index in [1.54, 1.807) is 0 Å². The van der Waals surface area contributed by atoms with Gasteiger partial charge in [-0.2, -0.15) is 13.2 Å². The molecule has 0 radical (unpaired) electrons. The van der Waals surface area contributed by atoms with Gasteiger partial charge in [0.25, 0.3) is 0 Å². The largest absolute Gasteiger partial charge is 0.433 e. The van der Waals surface area contributed by atoms with Crippen molar-refractivity contribution in [3.8, 4) is 0 Å². The average molecular weight is 237 g/mol. The van der Waals surface area contributed by atoms with Crippen molar-refractivity contribution in [1.29, 1.82) is 0 Å². The molecule has 1 atom stereocenters. The van der Waals surface area contributed by atoms with Crippen molar-refractivity contribution in [3.63, 3.8) is 0 Å². The smallest absolute Gasteiger partial charge is 0.268 e. The maximum atomic E-state index is 12.1. The summed E-state index contributed by atoms with van der Waals surface area (Å²) >= 11 is 0. The van der Waals surface area contributed by atoms with E-state index in [-0.39, 0.29) is 5.75 Å². The fourth-order valence-corrected chi connectivity index (χ4v) is 1.91. The first kappa shape index (κ1) is 12.0. The number of alkyl halides is 3. The van der Waals surface area contributed by atoms with Crippen LogP contribution in [-0.4, -0.2) is 21.3 Å². The van der Waals surface area contributed by atoms with Crippen LogP contribution in [0, 0.1) is 0 Å². The molecule has 15 heavy (non-hydrogen) atoms. The Bertz CT molecular complexity index is 433. The number of pyridine rings is 1. The van der Waals surface area contributed by atoms with E-state index in [1.807, 2.05) is 0 Å². The lowest BCUT2D eigenvalue weighted by molar-refractivity contribution is -0.141. The zero-order valence-electron chi connectivity index (χ0n) is 8.04. The van der Waals surface area contributed by atoms with Crippen molar-refractivity contribution < 1.29 is 17.4 Å². The number of hydrogen-bond acceptors (Lipinski definition) is 2. The Balaban J connectivity index is 2.91. The van der Waals surface area contributed by atoms with Gasteiger partial charge in [0, 0.05) is 18.2 Å². The summed E-state index contributed by atoms with van der Waals surface area (Å²) in [5.74, 6) is 3.55. The van der Waals surface area contributed by atoms with Crippen LogP contribution in [0.15, 0.2) is 18.3 Å². The Hall–Kier alpha value is -1.04. The summed E-state index contributed by atoms with van der Waals surface area (Å²) in [6.45, 7) is 0. The van der Waals surface area contributed by atoms with E-state index in [0.29, 0.717) is 5.56 Å². The van der Waals surface area contributed by atoms with Gasteiger partial charge < -0.3 is 0 Å². The lowest BCUT2D eigenvalue weighted by Crippen LogP contribution is -2.08. The molecular formula is C9H10F3NOS. The highest BCUT2D eigenvalue weighted by molar-refractivity contribution is 7.98. The fraction of sp³-hybridized carbons (Fsp3) is 0.333. The average Bonchev–Trinajstić information content (AvgIpc) is 2.00. The van der Waals surface area contributed by atoms with Crippen molar-refractivity contribution >= 4 is 15.4 Å². The van der Waals surface area contributed by atoms with Crippen LogP contribution in [0.25, 0.3) is 0 Å². The van der Waals surface area contributed by atoms with Crippen LogP contribution in [0.5, 0.6) is 0 Å². The Morgan fingerprint density at radius 2 is 2.07 bits per heavy atom. The molecule has 0 saturated carbocycles. The molecule has 84 valence electrons. The van der Waals surface area contributed by atoms with Crippen molar-refractivity contribution in [2.45, 2.75) is 11.9 Å². The summed E-state index contributed by atoms with van der Waals surface area (Å²) in [7, 11) is -2.25. The number of halogens is 3. The molecule has 0 aliphatic carbocycles. The SMILES string of the molecule is C=S(C)(=O)Cc1ccc(C(F)(F)F)nc1. The first-order valence-electron chi connectivity index (χ1n) is 4.00. The lowest BCUT2D eigenvalue weighted by atomic mass is 10.3. The van der Waals surface area contributed by atoms with Gasteiger partial charge in [-0.05, 0) is 27.0 Å². The van der Waals surface area contributed by atoms with Crippen molar-refractivity contribution in [2.75, 3.05) is 6.26 Å². The second-order valence-electron chi connectivity index (χ2n) is 3.38. The summed E-state index contributed by atoms with van der Waals surface area (Å²) in [4.78, 5) is 3.26. The van der Waals surface area contributed by atoms with Crippen LogP contribution in [-0.2, 0) is 21.5 Å². The summed E-state index contributed by atoms with van der Waals surface area (Å²) < 4.78 is 47.7. The van der Waals surface area contributed by atoms with E-state index in [0.717, 1.165) is 12.3 Å². The first-order valence-corrected chi connectivity index (χ1v) is 6.31. The molecule has 1 aromatic rings. The number of hydrogen-bond donors (Lipinski definition) is 0. The number of rotatable bonds is 2. The molecule has 0 aromatic carbocycles. The van der Waals surface area contributed by atoms with E-state index < -0.39 is 21.4 Å². The van der Waals surface area contributed by atoms with Gasteiger partial charge in [0.2, 0.25) is 0 Å². The molecule has 0 bridgehead atoms. The highest BCUT2D eigenvalue weighted by Gasteiger charge is 2.31. The Kier molecular flexibility index (Phi) is 3.08. The minimum atomic E-state index is -4.43. The maximum absolute atomic E-state index is 12.1. The van der Waals surface area contributed by atoms with E-state index in [4.69, 9.17) is 0 Å². The first-order chi connectivity index (χ1) is 6.68. The molecule has 0 aliphatic heterocycles. The van der Waals surface area contributed by atoms with Crippen LogP contribution in [0.2, 0.25) is 0 Å². The minimum Gasteiger partial charge on any atom is -0.268 e. The van der Waals surface area contributed by atoms with Gasteiger partial charge in [-0.15, -0.1) is 0 Å². The van der Waals surface area contributed by atoms with E-state index in [2.05, 4.69) is 10.9 Å². The van der Waals surface area contributed by atoms with Crippen LogP contribution >= 0.6 is 0 Å². The van der Waals surface area contributed by atoms with E-state index in [1.165, 1.54) is 12.3 Å². The number of nitrogens with zero attached hydrogens (tertiary/aromatic N) is 1. The normalized spacial score (nSPS) is 16.0. The van der Waals surface area contributed by atoms with E-state index >= 15 is 0 Å². The predicted octanol–water partition coefficient (Wildman–Crippen LogP) is 1.95. The monoisotopic (exact) mass is 237 g/mol. The topological polar surface area (TPSA) is 30.0 Å². The third-order valence-electron chi connectivity index (χ3n) is 1.59. The summed E-state index contributed by atoms with van der Waals surface area (Å²) in [5.41, 5.74) is -0.455. The molecule has 1 rings (SSSR count). The molecule has 2 nitrogen and oxygen atoms in total. The second kappa shape index (κ2) is 3.84. The van der Waals surface area contributed by atoms with E-state index in [9.17, 15) is 17.4 Å². The molecule has 0 N–H and O–H groups in total. The molecule has 0 amide bonds. The molecule has 1 heterocycles. The Labute approximate surface area is 86.2 Å². The van der Waals surface area contributed by atoms with Gasteiger partial charge >= 0.3 is 6.18 Å². The highest BCUT2D eigenvalue weighted by atomic mass is 32.2. The van der Waals surface area contributed by atoms with Crippen molar-refractivity contribution in [1.82, 2.24) is 4.98 Å².